The van der Waals surface area contributed by atoms with Crippen molar-refractivity contribution >= 4 is 27.8 Å². The summed E-state index contributed by atoms with van der Waals surface area (Å²) in [5.74, 6) is -0.149. The normalized spacial score (nSPS) is 10.9. The zero-order chi connectivity index (χ0) is 17.7. The minimum Gasteiger partial charge on any atom is -0.494 e. The van der Waals surface area contributed by atoms with E-state index in [9.17, 15) is 15.2 Å². The summed E-state index contributed by atoms with van der Waals surface area (Å²) in [6, 6.07) is 9.34. The van der Waals surface area contributed by atoms with E-state index in [0.29, 0.717) is 23.4 Å². The quantitative estimate of drug-likeness (QED) is 0.785. The Bertz CT molecular complexity index is 879. The third-order valence-electron chi connectivity index (χ3n) is 3.73. The molecule has 0 saturated heterocycles. The van der Waals surface area contributed by atoms with Gasteiger partial charge in [0.05, 0.1) is 11.3 Å². The molecule has 0 aliphatic carbocycles. The van der Waals surface area contributed by atoms with E-state index in [2.05, 4.69) is 20.9 Å². The molecule has 0 radical (unpaired) electrons. The fourth-order valence-electron chi connectivity index (χ4n) is 2.34. The fourth-order valence-corrected chi connectivity index (χ4v) is 2.73. The van der Waals surface area contributed by atoms with Crippen LogP contribution in [0.3, 0.4) is 0 Å². The van der Waals surface area contributed by atoms with Gasteiger partial charge in [-0.05, 0) is 37.1 Å². The Morgan fingerprint density at radius 2 is 2.21 bits per heavy atom. The molecule has 24 heavy (non-hydrogen) atoms. The molecule has 0 atom stereocenters. The molecule has 0 amide bonds. The van der Waals surface area contributed by atoms with E-state index < -0.39 is 5.56 Å². The summed E-state index contributed by atoms with van der Waals surface area (Å²) < 4.78 is 2.14. The van der Waals surface area contributed by atoms with Crippen LogP contribution in [-0.2, 0) is 6.54 Å². The van der Waals surface area contributed by atoms with Gasteiger partial charge in [-0.3, -0.25) is 14.4 Å². The summed E-state index contributed by atoms with van der Waals surface area (Å²) in [5.41, 5.74) is 1.11. The molecule has 1 aromatic carbocycles. The lowest BCUT2D eigenvalue weighted by molar-refractivity contribution is 0.400. The number of rotatable bonds is 5. The first-order valence-corrected chi connectivity index (χ1v) is 8.45. The van der Waals surface area contributed by atoms with E-state index in [-0.39, 0.29) is 11.4 Å². The number of unbranched alkanes of at least 4 members (excludes halogenated alkanes) is 1. The van der Waals surface area contributed by atoms with Gasteiger partial charge in [0.2, 0.25) is 5.88 Å². The van der Waals surface area contributed by atoms with Gasteiger partial charge >= 0.3 is 0 Å². The van der Waals surface area contributed by atoms with Gasteiger partial charge in [0, 0.05) is 17.2 Å². The topological polar surface area (TPSA) is 78.4 Å². The number of benzene rings is 1. The van der Waals surface area contributed by atoms with E-state index in [1.165, 1.54) is 10.8 Å². The smallest absolute Gasteiger partial charge is 0.271 e. The maximum Gasteiger partial charge on any atom is 0.271 e. The molecule has 0 saturated carbocycles. The first kappa shape index (κ1) is 18.0. The van der Waals surface area contributed by atoms with Gasteiger partial charge in [-0.25, -0.2) is 0 Å². The summed E-state index contributed by atoms with van der Waals surface area (Å²) >= 11 is 3.38. The van der Waals surface area contributed by atoms with E-state index in [1.54, 1.807) is 6.92 Å². The molecule has 2 rings (SSSR count). The largest absolute Gasteiger partial charge is 0.494 e. The van der Waals surface area contributed by atoms with E-state index in [1.807, 2.05) is 37.3 Å². The number of hydrogen-bond donors (Lipinski definition) is 1. The molecule has 0 unspecified atom stereocenters. The lowest BCUT2D eigenvalue weighted by Crippen LogP contribution is -2.25. The van der Waals surface area contributed by atoms with Gasteiger partial charge < -0.3 is 5.11 Å². The molecule has 1 N–H and O–H groups in total. The Morgan fingerprint density at radius 1 is 1.46 bits per heavy atom. The second kappa shape index (κ2) is 7.93. The summed E-state index contributed by atoms with van der Waals surface area (Å²) in [6.07, 6.45) is 3.11. The maximum atomic E-state index is 12.3. The van der Waals surface area contributed by atoms with Crippen molar-refractivity contribution in [1.82, 2.24) is 4.57 Å². The average molecular weight is 388 g/mol. The molecule has 5 nitrogen and oxygen atoms in total. The number of aliphatic imine (C=N–C) groups is 1. The lowest BCUT2D eigenvalue weighted by Gasteiger charge is -2.13. The Hall–Kier alpha value is -2.39. The van der Waals surface area contributed by atoms with Crippen LogP contribution in [-0.4, -0.2) is 15.9 Å². The molecule has 0 aliphatic heterocycles. The lowest BCUT2D eigenvalue weighted by atomic mass is 10.1. The van der Waals surface area contributed by atoms with Crippen LogP contribution in [0.15, 0.2) is 38.5 Å². The third-order valence-corrected chi connectivity index (χ3v) is 4.23. The monoisotopic (exact) mass is 387 g/mol. The van der Waals surface area contributed by atoms with Crippen molar-refractivity contribution in [3.8, 4) is 11.9 Å². The molecule has 0 spiro atoms. The predicted molar refractivity (Wildman–Crippen MR) is 98.1 cm³/mol. The zero-order valence-corrected chi connectivity index (χ0v) is 15.2. The number of aromatic nitrogens is 1. The summed E-state index contributed by atoms with van der Waals surface area (Å²) in [4.78, 5) is 16.7. The first-order valence-electron chi connectivity index (χ1n) is 7.65. The molecular formula is C18H18BrN3O2. The molecule has 6 heteroatoms. The summed E-state index contributed by atoms with van der Waals surface area (Å²) in [7, 11) is 0. The highest BCUT2D eigenvalue weighted by molar-refractivity contribution is 9.10. The van der Waals surface area contributed by atoms with Gasteiger partial charge in [0.1, 0.15) is 11.6 Å². The molecule has 0 fully saturated rings. The van der Waals surface area contributed by atoms with Crippen LogP contribution in [0.1, 0.15) is 36.5 Å². The number of hydrogen-bond acceptors (Lipinski definition) is 4. The van der Waals surface area contributed by atoms with Crippen LogP contribution in [0, 0.1) is 18.3 Å². The second-order valence-corrected chi connectivity index (χ2v) is 6.31. The highest BCUT2D eigenvalue weighted by Crippen LogP contribution is 2.23. The van der Waals surface area contributed by atoms with Crippen LogP contribution in [0.4, 0.5) is 5.69 Å². The highest BCUT2D eigenvalue weighted by Gasteiger charge is 2.17. The number of nitrogens with zero attached hydrogens (tertiary/aromatic N) is 3. The highest BCUT2D eigenvalue weighted by atomic mass is 79.9. The van der Waals surface area contributed by atoms with Crippen LogP contribution in [0.2, 0.25) is 0 Å². The maximum absolute atomic E-state index is 12.3. The Kier molecular flexibility index (Phi) is 5.93. The number of aromatic hydroxyl groups is 1. The van der Waals surface area contributed by atoms with Gasteiger partial charge in [-0.15, -0.1) is 0 Å². The number of nitriles is 1. The minimum absolute atomic E-state index is 0.0413. The Morgan fingerprint density at radius 3 is 2.83 bits per heavy atom. The second-order valence-electron chi connectivity index (χ2n) is 5.40. The molecule has 1 heterocycles. The van der Waals surface area contributed by atoms with Crippen molar-refractivity contribution < 1.29 is 5.11 Å². The Labute approximate surface area is 149 Å². The molecule has 0 bridgehead atoms. The van der Waals surface area contributed by atoms with E-state index >= 15 is 0 Å². The van der Waals surface area contributed by atoms with Crippen LogP contribution in [0.25, 0.3) is 0 Å². The van der Waals surface area contributed by atoms with Crippen LogP contribution in [0.5, 0.6) is 5.88 Å². The van der Waals surface area contributed by atoms with Crippen molar-refractivity contribution in [3.05, 3.63) is 55.8 Å². The minimum atomic E-state index is -0.458. The van der Waals surface area contributed by atoms with Gasteiger partial charge in [-0.2, -0.15) is 5.26 Å². The summed E-state index contributed by atoms with van der Waals surface area (Å²) in [6.45, 7) is 4.01. The van der Waals surface area contributed by atoms with Crippen molar-refractivity contribution in [2.75, 3.05) is 0 Å². The fraction of sp³-hybridized carbons (Fsp3) is 0.278. The number of pyridine rings is 1. The molecule has 0 aliphatic rings. The van der Waals surface area contributed by atoms with Gasteiger partial charge in [0.15, 0.2) is 0 Å². The molecule has 2 aromatic rings. The van der Waals surface area contributed by atoms with Gasteiger partial charge in [-0.1, -0.05) is 35.3 Å². The van der Waals surface area contributed by atoms with Crippen molar-refractivity contribution in [3.63, 3.8) is 0 Å². The average Bonchev–Trinajstić information content (AvgIpc) is 2.55. The van der Waals surface area contributed by atoms with Crippen LogP contribution >= 0.6 is 15.9 Å². The number of halogens is 1. The van der Waals surface area contributed by atoms with Gasteiger partial charge in [0.25, 0.3) is 5.56 Å². The molecule has 124 valence electrons. The third kappa shape index (κ3) is 3.74. The molecule has 1 aromatic heterocycles. The van der Waals surface area contributed by atoms with Crippen molar-refractivity contribution in [2.24, 2.45) is 4.99 Å². The first-order chi connectivity index (χ1) is 11.5. The standard InChI is InChI=1S/C18H18BrN3O2/c1-3-4-8-22-17(23)15(10-20)12(2)16(18(22)24)11-21-14-7-5-6-13(19)9-14/h5-7,9,11,24H,3-4,8H2,1-2H3. The van der Waals surface area contributed by atoms with E-state index in [4.69, 9.17) is 0 Å². The van der Waals surface area contributed by atoms with E-state index in [0.717, 1.165) is 17.3 Å². The van der Waals surface area contributed by atoms with Crippen molar-refractivity contribution in [2.45, 2.75) is 33.2 Å². The van der Waals surface area contributed by atoms with Crippen molar-refractivity contribution in [1.29, 1.82) is 5.26 Å². The molecular weight excluding hydrogens is 370 g/mol. The summed E-state index contributed by atoms with van der Waals surface area (Å²) in [5, 5.41) is 19.8. The zero-order valence-electron chi connectivity index (χ0n) is 13.6. The van der Waals surface area contributed by atoms with Crippen LogP contribution < -0.4 is 5.56 Å². The predicted octanol–water partition coefficient (Wildman–Crippen LogP) is 4.05. The Balaban J connectivity index is 2.56. The SMILES string of the molecule is CCCCn1c(O)c(C=Nc2cccc(Br)c2)c(C)c(C#N)c1=O.